The second kappa shape index (κ2) is 12.4. The maximum Gasteiger partial charge on any atom is 0.193 e. The second-order valence-electron chi connectivity index (χ2n) is 6.13. The van der Waals surface area contributed by atoms with Crippen molar-refractivity contribution in [2.24, 2.45) is 4.99 Å². The molecule has 0 atom stereocenters. The zero-order valence-electron chi connectivity index (χ0n) is 15.8. The molecule has 0 amide bonds. The minimum absolute atomic E-state index is 0. The van der Waals surface area contributed by atoms with E-state index in [-0.39, 0.29) is 24.0 Å². The summed E-state index contributed by atoms with van der Waals surface area (Å²) in [7, 11) is 2.12. The van der Waals surface area contributed by atoms with Crippen LogP contribution in [0.5, 0.6) is 0 Å². The number of para-hydroxylation sites is 1. The lowest BCUT2D eigenvalue weighted by Gasteiger charge is -2.34. The van der Waals surface area contributed by atoms with Gasteiger partial charge in [0.05, 0.1) is 12.6 Å². The molecule has 6 heteroatoms. The number of likely N-dealkylation sites (N-methyl/N-ethyl adjacent to an activating group) is 1. The Balaban J connectivity index is 0.00000312. The number of nitrogens with zero attached hydrogens (tertiary/aromatic N) is 3. The Morgan fingerprint density at radius 2 is 1.92 bits per heavy atom. The second-order valence-corrected chi connectivity index (χ2v) is 6.13. The zero-order chi connectivity index (χ0) is 17.2. The molecule has 142 valence electrons. The van der Waals surface area contributed by atoms with Gasteiger partial charge in [0, 0.05) is 45.5 Å². The molecule has 1 fully saturated rings. The van der Waals surface area contributed by atoms with Crippen molar-refractivity contribution in [1.82, 2.24) is 10.2 Å². The van der Waals surface area contributed by atoms with Crippen LogP contribution in [-0.2, 0) is 4.74 Å². The summed E-state index contributed by atoms with van der Waals surface area (Å²) in [4.78, 5) is 9.43. The molecule has 0 spiro atoms. The highest BCUT2D eigenvalue weighted by atomic mass is 127. The van der Waals surface area contributed by atoms with Gasteiger partial charge in [-0.15, -0.1) is 24.0 Å². The fraction of sp³-hybridized carbons (Fsp3) is 0.632. The van der Waals surface area contributed by atoms with E-state index in [1.807, 2.05) is 6.07 Å². The maximum absolute atomic E-state index is 5.74. The quantitative estimate of drug-likeness (QED) is 0.386. The summed E-state index contributed by atoms with van der Waals surface area (Å²) < 4.78 is 5.74. The van der Waals surface area contributed by atoms with Gasteiger partial charge in [-0.2, -0.15) is 0 Å². The predicted molar refractivity (Wildman–Crippen MR) is 117 cm³/mol. The van der Waals surface area contributed by atoms with Gasteiger partial charge in [0.1, 0.15) is 0 Å². The molecule has 1 N–H and O–H groups in total. The van der Waals surface area contributed by atoms with Gasteiger partial charge in [0.15, 0.2) is 5.96 Å². The number of benzene rings is 1. The zero-order valence-corrected chi connectivity index (χ0v) is 18.1. The first kappa shape index (κ1) is 22.0. The van der Waals surface area contributed by atoms with Gasteiger partial charge < -0.3 is 19.9 Å². The van der Waals surface area contributed by atoms with Gasteiger partial charge in [-0.05, 0) is 38.8 Å². The van der Waals surface area contributed by atoms with E-state index in [0.29, 0.717) is 6.10 Å². The molecule has 1 aliphatic heterocycles. The van der Waals surface area contributed by atoms with E-state index in [1.54, 1.807) is 0 Å². The van der Waals surface area contributed by atoms with Gasteiger partial charge >= 0.3 is 0 Å². The van der Waals surface area contributed by atoms with Crippen molar-refractivity contribution in [2.45, 2.75) is 32.8 Å². The molecule has 0 aromatic heterocycles. The number of anilines is 1. The van der Waals surface area contributed by atoms with Crippen LogP contribution in [0.3, 0.4) is 0 Å². The Morgan fingerprint density at radius 3 is 2.52 bits per heavy atom. The van der Waals surface area contributed by atoms with Crippen molar-refractivity contribution in [3.05, 3.63) is 30.3 Å². The van der Waals surface area contributed by atoms with Crippen LogP contribution in [0, 0.1) is 0 Å². The van der Waals surface area contributed by atoms with Crippen LogP contribution in [-0.4, -0.2) is 63.3 Å². The molecule has 2 rings (SSSR count). The summed E-state index contributed by atoms with van der Waals surface area (Å²) in [6.45, 7) is 9.65. The average molecular weight is 460 g/mol. The number of guanidine groups is 1. The fourth-order valence-corrected chi connectivity index (χ4v) is 3.01. The molecule has 1 saturated heterocycles. The number of aliphatic imine (C=N–C) groups is 1. The predicted octanol–water partition coefficient (Wildman–Crippen LogP) is 3.21. The summed E-state index contributed by atoms with van der Waals surface area (Å²) >= 11 is 0. The Bertz CT molecular complexity index is 489. The van der Waals surface area contributed by atoms with Crippen molar-refractivity contribution in [3.63, 3.8) is 0 Å². The first-order valence-corrected chi connectivity index (χ1v) is 9.15. The minimum Gasteiger partial charge on any atom is -0.378 e. The summed E-state index contributed by atoms with van der Waals surface area (Å²) in [5.74, 6) is 1.04. The lowest BCUT2D eigenvalue weighted by atomic mass is 10.1. The van der Waals surface area contributed by atoms with E-state index >= 15 is 0 Å². The molecule has 1 aromatic carbocycles. The largest absolute Gasteiger partial charge is 0.378 e. The monoisotopic (exact) mass is 460 g/mol. The summed E-state index contributed by atoms with van der Waals surface area (Å²) in [5, 5.41) is 3.43. The first-order chi connectivity index (χ1) is 11.7. The molecular weight excluding hydrogens is 427 g/mol. The number of hydrogen-bond donors (Lipinski definition) is 1. The summed E-state index contributed by atoms with van der Waals surface area (Å²) in [6, 6.07) is 10.5. The van der Waals surface area contributed by atoms with E-state index < -0.39 is 0 Å². The molecule has 0 saturated carbocycles. The van der Waals surface area contributed by atoms with Crippen molar-refractivity contribution in [1.29, 1.82) is 0 Å². The standard InChI is InChI=1S/C19H32N4O.HI/c1-4-20-19(23-14-11-18(12-15-23)24-5-2)21-13-16-22(3)17-9-7-6-8-10-17;/h6-10,18H,4-5,11-16H2,1-3H3,(H,20,21);1H. The Morgan fingerprint density at radius 1 is 1.24 bits per heavy atom. The van der Waals surface area contributed by atoms with Gasteiger partial charge in [-0.25, -0.2) is 0 Å². The van der Waals surface area contributed by atoms with E-state index in [0.717, 1.165) is 58.1 Å². The third-order valence-electron chi connectivity index (χ3n) is 4.37. The normalized spacial score (nSPS) is 15.6. The van der Waals surface area contributed by atoms with Crippen molar-refractivity contribution >= 4 is 35.6 Å². The topological polar surface area (TPSA) is 40.1 Å². The molecule has 1 aromatic rings. The third-order valence-corrected chi connectivity index (χ3v) is 4.37. The van der Waals surface area contributed by atoms with E-state index in [9.17, 15) is 0 Å². The Kier molecular flexibility index (Phi) is 10.9. The van der Waals surface area contributed by atoms with Crippen LogP contribution >= 0.6 is 24.0 Å². The van der Waals surface area contributed by atoms with Gasteiger partial charge in [-0.3, -0.25) is 4.99 Å². The minimum atomic E-state index is 0. The van der Waals surface area contributed by atoms with Crippen LogP contribution in [0.15, 0.2) is 35.3 Å². The number of nitrogens with one attached hydrogen (secondary N) is 1. The van der Waals surface area contributed by atoms with Crippen LogP contribution in [0.4, 0.5) is 5.69 Å². The van der Waals surface area contributed by atoms with E-state index in [1.165, 1.54) is 5.69 Å². The fourth-order valence-electron chi connectivity index (χ4n) is 3.01. The highest BCUT2D eigenvalue weighted by molar-refractivity contribution is 14.0. The number of rotatable bonds is 7. The van der Waals surface area contributed by atoms with Crippen molar-refractivity contribution < 1.29 is 4.74 Å². The van der Waals surface area contributed by atoms with Crippen molar-refractivity contribution in [3.8, 4) is 0 Å². The third kappa shape index (κ3) is 7.40. The lowest BCUT2D eigenvalue weighted by molar-refractivity contribution is 0.0264. The van der Waals surface area contributed by atoms with E-state index in [2.05, 4.69) is 60.3 Å². The van der Waals surface area contributed by atoms with Gasteiger partial charge in [-0.1, -0.05) is 18.2 Å². The molecule has 1 heterocycles. The Hall–Kier alpha value is -1.02. The maximum atomic E-state index is 5.74. The molecule has 0 radical (unpaired) electrons. The molecule has 25 heavy (non-hydrogen) atoms. The summed E-state index contributed by atoms with van der Waals surface area (Å²) in [5.41, 5.74) is 1.23. The number of halogens is 1. The smallest absolute Gasteiger partial charge is 0.193 e. The first-order valence-electron chi connectivity index (χ1n) is 9.15. The molecular formula is C19H33IN4O. The molecule has 0 aliphatic carbocycles. The SMILES string of the molecule is CCNC(=NCCN(C)c1ccccc1)N1CCC(OCC)CC1.I. The average Bonchev–Trinajstić information content (AvgIpc) is 2.62. The molecule has 5 nitrogen and oxygen atoms in total. The molecule has 0 bridgehead atoms. The molecule has 1 aliphatic rings. The van der Waals surface area contributed by atoms with Gasteiger partial charge in [0.2, 0.25) is 0 Å². The number of hydrogen-bond acceptors (Lipinski definition) is 3. The van der Waals surface area contributed by atoms with Crippen LogP contribution in [0.1, 0.15) is 26.7 Å². The van der Waals surface area contributed by atoms with Crippen LogP contribution < -0.4 is 10.2 Å². The van der Waals surface area contributed by atoms with Crippen LogP contribution in [0.25, 0.3) is 0 Å². The van der Waals surface area contributed by atoms with E-state index in [4.69, 9.17) is 9.73 Å². The molecule has 0 unspecified atom stereocenters. The van der Waals surface area contributed by atoms with Gasteiger partial charge in [0.25, 0.3) is 0 Å². The van der Waals surface area contributed by atoms with Crippen molar-refractivity contribution in [2.75, 3.05) is 51.3 Å². The lowest BCUT2D eigenvalue weighted by Crippen LogP contribution is -2.47. The van der Waals surface area contributed by atoms with Crippen LogP contribution in [0.2, 0.25) is 0 Å². The number of piperidine rings is 1. The Labute approximate surface area is 169 Å². The summed E-state index contributed by atoms with van der Waals surface area (Å²) in [6.07, 6.45) is 2.59. The highest BCUT2D eigenvalue weighted by Gasteiger charge is 2.21. The number of likely N-dealkylation sites (tertiary alicyclic amines) is 1. The highest BCUT2D eigenvalue weighted by Crippen LogP contribution is 2.14. The number of ether oxygens (including phenoxy) is 1.